The lowest BCUT2D eigenvalue weighted by Crippen LogP contribution is -2.41. The van der Waals surface area contributed by atoms with Gasteiger partial charge in [0.1, 0.15) is 6.33 Å². The quantitative estimate of drug-likeness (QED) is 0.698. The third-order valence-electron chi connectivity index (χ3n) is 5.62. The van der Waals surface area contributed by atoms with Crippen molar-refractivity contribution in [2.45, 2.75) is 39.0 Å². The molecule has 152 valence electrons. The topological polar surface area (TPSA) is 75.4 Å². The first-order chi connectivity index (χ1) is 14.1. The number of hydrogen-bond acceptors (Lipinski definition) is 5. The number of carbonyl (C=O) groups excluding carboxylic acids is 1. The van der Waals surface area contributed by atoms with Gasteiger partial charge in [0.25, 0.3) is 0 Å². The molecule has 1 aliphatic rings. The largest absolute Gasteiger partial charge is 0.368 e. The van der Waals surface area contributed by atoms with Gasteiger partial charge in [-0.05, 0) is 36.8 Å². The van der Waals surface area contributed by atoms with Gasteiger partial charge in [0.05, 0.1) is 11.4 Å². The Balaban J connectivity index is 1.35. The number of nitrogens with zero attached hydrogens (tertiary/aromatic N) is 5. The predicted molar refractivity (Wildman–Crippen MR) is 113 cm³/mol. The summed E-state index contributed by atoms with van der Waals surface area (Å²) in [5, 5.41) is 16.0. The van der Waals surface area contributed by atoms with Crippen LogP contribution in [0.1, 0.15) is 43.9 Å². The molecule has 1 aliphatic heterocycles. The Morgan fingerprint density at radius 1 is 1.21 bits per heavy atom. The lowest BCUT2D eigenvalue weighted by atomic mass is 9.95. The minimum absolute atomic E-state index is 0.0716. The van der Waals surface area contributed by atoms with E-state index in [0.717, 1.165) is 49.4 Å². The van der Waals surface area contributed by atoms with Gasteiger partial charge in [0, 0.05) is 25.6 Å². The first-order valence-electron chi connectivity index (χ1n) is 10.4. The molecule has 1 N–H and O–H groups in total. The van der Waals surface area contributed by atoms with E-state index in [-0.39, 0.29) is 11.8 Å². The van der Waals surface area contributed by atoms with Crippen LogP contribution in [0.3, 0.4) is 0 Å². The van der Waals surface area contributed by atoms with E-state index in [0.29, 0.717) is 12.5 Å². The lowest BCUT2D eigenvalue weighted by Gasteiger charge is -2.33. The number of nitrogens with one attached hydrogen (secondary N) is 1. The Morgan fingerprint density at radius 2 is 1.97 bits per heavy atom. The van der Waals surface area contributed by atoms with E-state index in [2.05, 4.69) is 57.6 Å². The molecule has 0 saturated carbocycles. The minimum Gasteiger partial charge on any atom is -0.368 e. The molecule has 1 saturated heterocycles. The maximum Gasteiger partial charge on any atom is 0.223 e. The van der Waals surface area contributed by atoms with Gasteiger partial charge in [0.15, 0.2) is 0 Å². The zero-order valence-electron chi connectivity index (χ0n) is 17.1. The summed E-state index contributed by atoms with van der Waals surface area (Å²) in [5.74, 6) is 0.571. The van der Waals surface area contributed by atoms with Crippen LogP contribution in [0.15, 0.2) is 42.7 Å². The standard InChI is InChI=1S/C22H28N6O/c1-16(2)19-14-20(21-25-24-15-28(21)26-19)27-12-9-18(10-13-27)22(29)23-11-8-17-6-4-3-5-7-17/h3-7,14-16,18H,8-13H2,1-2H3,(H,23,29). The van der Waals surface area contributed by atoms with E-state index in [1.165, 1.54) is 5.56 Å². The fraction of sp³-hybridized carbons (Fsp3) is 0.455. The van der Waals surface area contributed by atoms with E-state index < -0.39 is 0 Å². The Labute approximate surface area is 171 Å². The molecule has 0 atom stereocenters. The summed E-state index contributed by atoms with van der Waals surface area (Å²) in [7, 11) is 0. The summed E-state index contributed by atoms with van der Waals surface area (Å²) in [6, 6.07) is 12.4. The minimum atomic E-state index is 0.0716. The Hall–Kier alpha value is -2.96. The smallest absolute Gasteiger partial charge is 0.223 e. The summed E-state index contributed by atoms with van der Waals surface area (Å²) in [4.78, 5) is 14.9. The Kier molecular flexibility index (Phi) is 5.74. The van der Waals surface area contributed by atoms with Crippen molar-refractivity contribution in [3.05, 3.63) is 54.0 Å². The van der Waals surface area contributed by atoms with E-state index >= 15 is 0 Å². The molecule has 0 bridgehead atoms. The number of amides is 1. The highest BCUT2D eigenvalue weighted by Crippen LogP contribution is 2.28. The van der Waals surface area contributed by atoms with Crippen molar-refractivity contribution in [1.29, 1.82) is 0 Å². The second-order valence-electron chi connectivity index (χ2n) is 8.00. The van der Waals surface area contributed by atoms with Crippen LogP contribution in [0.5, 0.6) is 0 Å². The molecular formula is C22H28N6O. The van der Waals surface area contributed by atoms with Gasteiger partial charge < -0.3 is 10.2 Å². The summed E-state index contributed by atoms with van der Waals surface area (Å²) in [6.07, 6.45) is 4.20. The van der Waals surface area contributed by atoms with E-state index in [1.54, 1.807) is 10.8 Å². The molecule has 3 heterocycles. The predicted octanol–water partition coefficient (Wildman–Crippen LogP) is 2.82. The zero-order chi connectivity index (χ0) is 20.2. The van der Waals surface area contributed by atoms with Gasteiger partial charge in [0.2, 0.25) is 11.6 Å². The number of carbonyl (C=O) groups is 1. The molecule has 0 radical (unpaired) electrons. The molecule has 0 spiro atoms. The van der Waals surface area contributed by atoms with E-state index in [9.17, 15) is 4.79 Å². The van der Waals surface area contributed by atoms with Gasteiger partial charge in [-0.3, -0.25) is 4.79 Å². The van der Waals surface area contributed by atoms with Crippen molar-refractivity contribution in [3.8, 4) is 0 Å². The third kappa shape index (κ3) is 4.39. The molecule has 7 heteroatoms. The average molecular weight is 393 g/mol. The van der Waals surface area contributed by atoms with Gasteiger partial charge in [-0.1, -0.05) is 44.2 Å². The number of hydrogen-bond donors (Lipinski definition) is 1. The maximum absolute atomic E-state index is 12.6. The fourth-order valence-corrected chi connectivity index (χ4v) is 3.85. The molecule has 7 nitrogen and oxygen atoms in total. The second kappa shape index (κ2) is 8.59. The molecule has 2 aromatic heterocycles. The molecule has 29 heavy (non-hydrogen) atoms. The summed E-state index contributed by atoms with van der Waals surface area (Å²) >= 11 is 0. The SMILES string of the molecule is CC(C)c1cc(N2CCC(C(=O)NCCc3ccccc3)CC2)c2nncn2n1. The van der Waals surface area contributed by atoms with Crippen LogP contribution in [0, 0.1) is 5.92 Å². The fourth-order valence-electron chi connectivity index (χ4n) is 3.85. The van der Waals surface area contributed by atoms with E-state index in [1.807, 2.05) is 18.2 Å². The van der Waals surface area contributed by atoms with Crippen molar-refractivity contribution < 1.29 is 4.79 Å². The first-order valence-corrected chi connectivity index (χ1v) is 10.4. The average Bonchev–Trinajstić information content (AvgIpc) is 3.22. The Morgan fingerprint density at radius 3 is 2.69 bits per heavy atom. The van der Waals surface area contributed by atoms with Crippen LogP contribution < -0.4 is 10.2 Å². The maximum atomic E-state index is 12.6. The second-order valence-corrected chi connectivity index (χ2v) is 8.00. The Bertz CT molecular complexity index is 960. The van der Waals surface area contributed by atoms with Gasteiger partial charge in [-0.2, -0.15) is 9.61 Å². The van der Waals surface area contributed by atoms with Crippen molar-refractivity contribution in [2.24, 2.45) is 5.92 Å². The number of anilines is 1. The van der Waals surface area contributed by atoms with Crippen molar-refractivity contribution >= 4 is 17.2 Å². The van der Waals surface area contributed by atoms with Crippen LogP contribution in [-0.2, 0) is 11.2 Å². The molecule has 1 fully saturated rings. The van der Waals surface area contributed by atoms with E-state index in [4.69, 9.17) is 0 Å². The zero-order valence-corrected chi connectivity index (χ0v) is 17.1. The number of benzene rings is 1. The van der Waals surface area contributed by atoms with Crippen LogP contribution in [0.25, 0.3) is 5.65 Å². The summed E-state index contributed by atoms with van der Waals surface area (Å²) in [5.41, 5.74) is 4.11. The normalized spacial score (nSPS) is 15.2. The third-order valence-corrected chi connectivity index (χ3v) is 5.62. The molecule has 1 amide bonds. The monoisotopic (exact) mass is 392 g/mol. The number of rotatable bonds is 6. The van der Waals surface area contributed by atoms with Crippen LogP contribution in [0.2, 0.25) is 0 Å². The molecule has 0 unspecified atom stereocenters. The van der Waals surface area contributed by atoms with Crippen molar-refractivity contribution in [3.63, 3.8) is 0 Å². The summed E-state index contributed by atoms with van der Waals surface area (Å²) < 4.78 is 1.76. The highest BCUT2D eigenvalue weighted by atomic mass is 16.1. The highest BCUT2D eigenvalue weighted by molar-refractivity contribution is 5.79. The van der Waals surface area contributed by atoms with Crippen LogP contribution >= 0.6 is 0 Å². The number of fused-ring (bicyclic) bond motifs is 1. The van der Waals surface area contributed by atoms with Crippen molar-refractivity contribution in [1.82, 2.24) is 25.1 Å². The van der Waals surface area contributed by atoms with Crippen molar-refractivity contribution in [2.75, 3.05) is 24.5 Å². The van der Waals surface area contributed by atoms with Gasteiger partial charge in [-0.15, -0.1) is 10.2 Å². The molecular weight excluding hydrogens is 364 g/mol. The lowest BCUT2D eigenvalue weighted by molar-refractivity contribution is -0.125. The molecule has 0 aliphatic carbocycles. The van der Waals surface area contributed by atoms with Gasteiger partial charge >= 0.3 is 0 Å². The number of piperidine rings is 1. The molecule has 3 aromatic rings. The highest BCUT2D eigenvalue weighted by Gasteiger charge is 2.26. The number of aromatic nitrogens is 4. The van der Waals surface area contributed by atoms with Gasteiger partial charge in [-0.25, -0.2) is 0 Å². The first kappa shape index (κ1) is 19.4. The van der Waals surface area contributed by atoms with Crippen LogP contribution in [0.4, 0.5) is 5.69 Å². The molecule has 4 rings (SSSR count). The summed E-state index contributed by atoms with van der Waals surface area (Å²) in [6.45, 7) is 6.62. The van der Waals surface area contributed by atoms with Crippen LogP contribution in [-0.4, -0.2) is 45.4 Å². The molecule has 1 aromatic carbocycles.